The second-order valence-electron chi connectivity index (χ2n) is 3.70. The first kappa shape index (κ1) is 15.1. The Kier molecular flexibility index (Phi) is 4.97. The minimum absolute atomic E-state index is 0.105. The molecule has 0 N–H and O–H groups in total. The molecule has 1 aromatic rings. The Bertz CT molecular complexity index is 466. The van der Waals surface area contributed by atoms with Gasteiger partial charge in [0.05, 0.1) is 6.61 Å². The maximum Gasteiger partial charge on any atom is 0.573 e. The van der Waals surface area contributed by atoms with Gasteiger partial charge in [-0.15, -0.1) is 13.2 Å². The first-order valence-electron chi connectivity index (χ1n) is 5.51. The van der Waals surface area contributed by atoms with Crippen molar-refractivity contribution in [2.45, 2.75) is 19.7 Å². The molecule has 1 aromatic carbocycles. The van der Waals surface area contributed by atoms with Gasteiger partial charge in [-0.1, -0.05) is 18.7 Å². The van der Waals surface area contributed by atoms with Crippen molar-refractivity contribution in [1.29, 1.82) is 0 Å². The lowest BCUT2D eigenvalue weighted by Crippen LogP contribution is -2.17. The van der Waals surface area contributed by atoms with Crippen LogP contribution in [0.5, 0.6) is 5.75 Å². The van der Waals surface area contributed by atoms with Crippen molar-refractivity contribution >= 4 is 5.97 Å². The van der Waals surface area contributed by atoms with E-state index in [1.807, 2.05) is 0 Å². The Morgan fingerprint density at radius 1 is 1.37 bits per heavy atom. The van der Waals surface area contributed by atoms with Crippen LogP contribution in [0.1, 0.15) is 12.5 Å². The first-order chi connectivity index (χ1) is 8.81. The molecule has 0 heterocycles. The molecule has 0 spiro atoms. The zero-order chi connectivity index (χ0) is 14.5. The van der Waals surface area contributed by atoms with E-state index < -0.39 is 12.3 Å². The lowest BCUT2D eigenvalue weighted by Gasteiger charge is -2.10. The molecule has 0 bridgehead atoms. The van der Waals surface area contributed by atoms with Crippen LogP contribution in [0.3, 0.4) is 0 Å². The molecule has 104 valence electrons. The second kappa shape index (κ2) is 6.26. The molecular weight excluding hydrogens is 261 g/mol. The zero-order valence-electron chi connectivity index (χ0n) is 10.3. The number of benzene rings is 1. The molecule has 0 aliphatic rings. The Labute approximate surface area is 108 Å². The fourth-order valence-electron chi connectivity index (χ4n) is 1.40. The van der Waals surface area contributed by atoms with Crippen LogP contribution >= 0.6 is 0 Å². The Hall–Kier alpha value is -1.98. The predicted molar refractivity (Wildman–Crippen MR) is 62.6 cm³/mol. The van der Waals surface area contributed by atoms with Crippen molar-refractivity contribution in [1.82, 2.24) is 0 Å². The van der Waals surface area contributed by atoms with E-state index in [-0.39, 0.29) is 24.4 Å². The van der Waals surface area contributed by atoms with Crippen molar-refractivity contribution in [3.05, 3.63) is 42.0 Å². The number of hydrogen-bond donors (Lipinski definition) is 0. The number of alkyl halides is 3. The van der Waals surface area contributed by atoms with Crippen LogP contribution in [0.25, 0.3) is 0 Å². The standard InChI is InChI=1S/C13H13F3O3/c1-3-18-12(17)9(2)7-10-5-4-6-11(8-10)19-13(14,15)16/h4-6,8H,2-3,7H2,1H3. The number of ether oxygens (including phenoxy) is 2. The van der Waals surface area contributed by atoms with E-state index >= 15 is 0 Å². The number of halogens is 3. The summed E-state index contributed by atoms with van der Waals surface area (Å²) in [5.74, 6) is -0.897. The Balaban J connectivity index is 2.72. The van der Waals surface area contributed by atoms with E-state index in [2.05, 4.69) is 11.3 Å². The highest BCUT2D eigenvalue weighted by atomic mass is 19.4. The maximum absolute atomic E-state index is 12.1. The van der Waals surface area contributed by atoms with Crippen LogP contribution in [-0.4, -0.2) is 18.9 Å². The molecule has 0 amide bonds. The van der Waals surface area contributed by atoms with Gasteiger partial charge in [-0.2, -0.15) is 0 Å². The molecule has 0 aromatic heterocycles. The van der Waals surface area contributed by atoms with Crippen LogP contribution in [-0.2, 0) is 16.0 Å². The first-order valence-corrected chi connectivity index (χ1v) is 5.51. The summed E-state index contributed by atoms with van der Waals surface area (Å²) in [6.07, 6.45) is -4.63. The van der Waals surface area contributed by atoms with E-state index in [4.69, 9.17) is 4.74 Å². The third kappa shape index (κ3) is 5.46. The highest BCUT2D eigenvalue weighted by molar-refractivity contribution is 5.88. The quantitative estimate of drug-likeness (QED) is 0.610. The molecule has 0 atom stereocenters. The van der Waals surface area contributed by atoms with Crippen LogP contribution in [0.2, 0.25) is 0 Å². The number of esters is 1. The summed E-state index contributed by atoms with van der Waals surface area (Å²) in [6, 6.07) is 5.38. The molecule has 0 saturated carbocycles. The van der Waals surface area contributed by atoms with Gasteiger partial charge >= 0.3 is 12.3 Å². The van der Waals surface area contributed by atoms with Crippen molar-refractivity contribution < 1.29 is 27.4 Å². The van der Waals surface area contributed by atoms with E-state index in [0.29, 0.717) is 5.56 Å². The summed E-state index contributed by atoms with van der Waals surface area (Å²) in [4.78, 5) is 11.3. The summed E-state index contributed by atoms with van der Waals surface area (Å²) >= 11 is 0. The van der Waals surface area contributed by atoms with E-state index in [9.17, 15) is 18.0 Å². The van der Waals surface area contributed by atoms with Crippen LogP contribution in [0.4, 0.5) is 13.2 Å². The fourth-order valence-corrected chi connectivity index (χ4v) is 1.40. The van der Waals surface area contributed by atoms with Crippen LogP contribution in [0.15, 0.2) is 36.4 Å². The molecule has 3 nitrogen and oxygen atoms in total. The molecular formula is C13H13F3O3. The van der Waals surface area contributed by atoms with Crippen LogP contribution in [0, 0.1) is 0 Å². The lowest BCUT2D eigenvalue weighted by molar-refractivity contribution is -0.274. The predicted octanol–water partition coefficient (Wildman–Crippen LogP) is 3.25. The number of carbonyl (C=O) groups excluding carboxylic acids is 1. The molecule has 0 fully saturated rings. The van der Waals surface area contributed by atoms with E-state index in [1.165, 1.54) is 18.2 Å². The summed E-state index contributed by atoms with van der Waals surface area (Å²) in [7, 11) is 0. The second-order valence-corrected chi connectivity index (χ2v) is 3.70. The van der Waals surface area contributed by atoms with Gasteiger partial charge in [0.1, 0.15) is 5.75 Å². The molecule has 0 aliphatic carbocycles. The van der Waals surface area contributed by atoms with Gasteiger partial charge in [0.15, 0.2) is 0 Å². The van der Waals surface area contributed by atoms with Crippen molar-refractivity contribution in [2.24, 2.45) is 0 Å². The fraction of sp³-hybridized carbons (Fsp3) is 0.308. The Morgan fingerprint density at radius 2 is 2.05 bits per heavy atom. The van der Waals surface area contributed by atoms with E-state index in [0.717, 1.165) is 0 Å². The summed E-state index contributed by atoms with van der Waals surface area (Å²) in [6.45, 7) is 5.41. The molecule has 19 heavy (non-hydrogen) atoms. The van der Waals surface area contributed by atoms with Gasteiger partial charge in [-0.3, -0.25) is 0 Å². The largest absolute Gasteiger partial charge is 0.573 e. The average Bonchev–Trinajstić information content (AvgIpc) is 2.27. The third-order valence-electron chi connectivity index (χ3n) is 2.11. The molecule has 0 saturated heterocycles. The highest BCUT2D eigenvalue weighted by Gasteiger charge is 2.31. The smallest absolute Gasteiger partial charge is 0.463 e. The van der Waals surface area contributed by atoms with Gasteiger partial charge in [-0.25, -0.2) is 4.79 Å². The van der Waals surface area contributed by atoms with Gasteiger partial charge in [0, 0.05) is 12.0 Å². The molecule has 6 heteroatoms. The molecule has 0 radical (unpaired) electrons. The summed E-state index contributed by atoms with van der Waals surface area (Å²) in [5, 5.41) is 0. The topological polar surface area (TPSA) is 35.5 Å². The number of rotatable bonds is 5. The van der Waals surface area contributed by atoms with Crippen molar-refractivity contribution in [3.63, 3.8) is 0 Å². The minimum atomic E-state index is -4.74. The summed E-state index contributed by atoms with van der Waals surface area (Å²) < 4.78 is 44.7. The minimum Gasteiger partial charge on any atom is -0.463 e. The van der Waals surface area contributed by atoms with Gasteiger partial charge in [0.25, 0.3) is 0 Å². The average molecular weight is 274 g/mol. The van der Waals surface area contributed by atoms with Gasteiger partial charge < -0.3 is 9.47 Å². The van der Waals surface area contributed by atoms with E-state index in [1.54, 1.807) is 13.0 Å². The Morgan fingerprint density at radius 3 is 2.63 bits per heavy atom. The van der Waals surface area contributed by atoms with Crippen LogP contribution < -0.4 is 4.74 Å². The molecule has 0 unspecified atom stereocenters. The lowest BCUT2D eigenvalue weighted by atomic mass is 10.1. The highest BCUT2D eigenvalue weighted by Crippen LogP contribution is 2.24. The van der Waals surface area contributed by atoms with Gasteiger partial charge in [-0.05, 0) is 24.6 Å². The van der Waals surface area contributed by atoms with Crippen molar-refractivity contribution in [2.75, 3.05) is 6.61 Å². The zero-order valence-corrected chi connectivity index (χ0v) is 10.3. The number of carbonyl (C=O) groups is 1. The third-order valence-corrected chi connectivity index (χ3v) is 2.11. The molecule has 0 aliphatic heterocycles. The SMILES string of the molecule is C=C(Cc1cccc(OC(F)(F)F)c1)C(=O)OCC. The monoisotopic (exact) mass is 274 g/mol. The normalized spacial score (nSPS) is 10.9. The summed E-state index contributed by atoms with van der Waals surface area (Å²) in [5.41, 5.74) is 0.658. The van der Waals surface area contributed by atoms with Gasteiger partial charge in [0.2, 0.25) is 0 Å². The number of hydrogen-bond acceptors (Lipinski definition) is 3. The maximum atomic E-state index is 12.1. The molecule has 1 rings (SSSR count). The van der Waals surface area contributed by atoms with Crippen molar-refractivity contribution in [3.8, 4) is 5.75 Å².